The van der Waals surface area contributed by atoms with Gasteiger partial charge in [-0.2, -0.15) is 4.39 Å². The van der Waals surface area contributed by atoms with Crippen LogP contribution in [0.4, 0.5) is 14.5 Å². The first-order valence-electron chi connectivity index (χ1n) is 3.68. The van der Waals surface area contributed by atoms with Crippen molar-refractivity contribution in [1.29, 1.82) is 0 Å². The molecule has 0 radical (unpaired) electrons. The van der Waals surface area contributed by atoms with Crippen LogP contribution in [0.2, 0.25) is 0 Å². The van der Waals surface area contributed by atoms with Crippen molar-refractivity contribution in [1.82, 2.24) is 0 Å². The molecule has 0 amide bonds. The van der Waals surface area contributed by atoms with E-state index in [9.17, 15) is 23.7 Å². The number of hydrogen-bond donors (Lipinski definition) is 0. The molecule has 0 aliphatic rings. The maximum Gasteiger partial charge on any atom is 0.350 e. The predicted molar refractivity (Wildman–Crippen MR) is 45.0 cm³/mol. The molecule has 1 aromatic carbocycles. The lowest BCUT2D eigenvalue weighted by molar-refractivity contribution is -0.388. The minimum Gasteiger partial charge on any atom is -0.490 e. The summed E-state index contributed by atoms with van der Waals surface area (Å²) in [6.07, 6.45) is 0.147. The number of carbonyl (C=O) groups is 1. The molecule has 1 rings (SSSR count). The molecule has 0 N–H and O–H groups in total. The van der Waals surface area contributed by atoms with Gasteiger partial charge in [-0.3, -0.25) is 14.9 Å². The normalized spacial score (nSPS) is 9.80. The zero-order valence-corrected chi connectivity index (χ0v) is 7.49. The minimum absolute atomic E-state index is 0.147. The first kappa shape index (κ1) is 11.0. The summed E-state index contributed by atoms with van der Waals surface area (Å²) in [7, 11) is 1.02. The van der Waals surface area contributed by atoms with Gasteiger partial charge in [-0.15, -0.1) is 0 Å². The molecule has 0 aromatic heterocycles. The Labute approximate surface area is 82.4 Å². The van der Waals surface area contributed by atoms with E-state index in [0.29, 0.717) is 6.07 Å². The Kier molecular flexibility index (Phi) is 2.93. The minimum atomic E-state index is -1.65. The van der Waals surface area contributed by atoms with E-state index in [1.807, 2.05) is 0 Å². The van der Waals surface area contributed by atoms with E-state index in [4.69, 9.17) is 0 Å². The Balaban J connectivity index is 3.64. The second-order valence-electron chi connectivity index (χ2n) is 2.52. The highest BCUT2D eigenvalue weighted by Gasteiger charge is 2.28. The number of benzene rings is 1. The van der Waals surface area contributed by atoms with Crippen molar-refractivity contribution < 1.29 is 23.2 Å². The third-order valence-electron chi connectivity index (χ3n) is 1.69. The topological polar surface area (TPSA) is 69.4 Å². The van der Waals surface area contributed by atoms with E-state index in [2.05, 4.69) is 4.74 Å². The van der Waals surface area contributed by atoms with Crippen molar-refractivity contribution in [2.75, 3.05) is 7.11 Å². The molecule has 0 atom stereocenters. The second-order valence-corrected chi connectivity index (χ2v) is 2.52. The van der Waals surface area contributed by atoms with Gasteiger partial charge in [0.25, 0.3) is 0 Å². The van der Waals surface area contributed by atoms with Gasteiger partial charge in [0.2, 0.25) is 11.6 Å². The Hall–Kier alpha value is -2.05. The summed E-state index contributed by atoms with van der Waals surface area (Å²) < 4.78 is 30.3. The molecule has 0 aliphatic heterocycles. The van der Waals surface area contributed by atoms with Crippen LogP contribution in [0.3, 0.4) is 0 Å². The fourth-order valence-corrected chi connectivity index (χ4v) is 1.08. The predicted octanol–water partition coefficient (Wildman–Crippen LogP) is 1.69. The van der Waals surface area contributed by atoms with Gasteiger partial charge in [0, 0.05) is 0 Å². The smallest absolute Gasteiger partial charge is 0.350 e. The van der Waals surface area contributed by atoms with Crippen LogP contribution >= 0.6 is 0 Å². The van der Waals surface area contributed by atoms with Gasteiger partial charge in [0.1, 0.15) is 0 Å². The first-order valence-corrected chi connectivity index (χ1v) is 3.68. The maximum atomic E-state index is 13.0. The summed E-state index contributed by atoms with van der Waals surface area (Å²) >= 11 is 0. The molecule has 7 heteroatoms. The molecule has 0 unspecified atom stereocenters. The van der Waals surface area contributed by atoms with Gasteiger partial charge in [-0.05, 0) is 6.07 Å². The summed E-state index contributed by atoms with van der Waals surface area (Å²) in [5.74, 6) is -3.71. The molecule has 0 saturated carbocycles. The summed E-state index contributed by atoms with van der Waals surface area (Å²) in [4.78, 5) is 19.7. The van der Waals surface area contributed by atoms with E-state index < -0.39 is 33.6 Å². The lowest BCUT2D eigenvalue weighted by atomic mass is 10.1. The summed E-state index contributed by atoms with van der Waals surface area (Å²) in [6.45, 7) is 0. The van der Waals surface area contributed by atoms with Crippen molar-refractivity contribution >= 4 is 12.0 Å². The van der Waals surface area contributed by atoms with Crippen molar-refractivity contribution in [3.8, 4) is 5.75 Å². The number of carbonyl (C=O) groups excluding carboxylic acids is 1. The third-order valence-corrected chi connectivity index (χ3v) is 1.69. The Morgan fingerprint density at radius 2 is 2.13 bits per heavy atom. The Morgan fingerprint density at radius 3 is 2.53 bits per heavy atom. The average Bonchev–Trinajstić information content (AvgIpc) is 2.20. The molecule has 0 fully saturated rings. The van der Waals surface area contributed by atoms with Crippen molar-refractivity contribution in [3.05, 3.63) is 33.4 Å². The third kappa shape index (κ3) is 1.76. The molecular weight excluding hydrogens is 212 g/mol. The van der Waals surface area contributed by atoms with Crippen LogP contribution < -0.4 is 4.74 Å². The Morgan fingerprint density at radius 1 is 1.53 bits per heavy atom. The van der Waals surface area contributed by atoms with E-state index in [1.54, 1.807) is 0 Å². The number of halogens is 2. The number of nitro benzene ring substituents is 1. The van der Waals surface area contributed by atoms with Gasteiger partial charge in [-0.25, -0.2) is 4.39 Å². The average molecular weight is 217 g/mol. The number of aldehydes is 1. The molecule has 0 bridgehead atoms. The van der Waals surface area contributed by atoms with Gasteiger partial charge in [-0.1, -0.05) is 0 Å². The molecule has 0 saturated heterocycles. The SMILES string of the molecule is COc1c(C=O)cc(F)c(F)c1[N+](=O)[O-]. The summed E-state index contributed by atoms with van der Waals surface area (Å²) in [6, 6.07) is 0.536. The highest BCUT2D eigenvalue weighted by atomic mass is 19.2. The number of nitro groups is 1. The molecule has 1 aromatic rings. The van der Waals surface area contributed by atoms with Gasteiger partial charge in [0.15, 0.2) is 12.1 Å². The standard InChI is InChI=1S/C8H5F2NO4/c1-15-8-4(3-12)2-5(9)6(10)7(8)11(13)14/h2-3H,1H3. The number of rotatable bonds is 3. The van der Waals surface area contributed by atoms with Crippen LogP contribution in [0.5, 0.6) is 5.75 Å². The first-order chi connectivity index (χ1) is 7.02. The van der Waals surface area contributed by atoms with Crippen LogP contribution in [0.1, 0.15) is 10.4 Å². The number of methoxy groups -OCH3 is 1. The van der Waals surface area contributed by atoms with Crippen LogP contribution in [-0.2, 0) is 0 Å². The number of nitrogens with zero attached hydrogens (tertiary/aromatic N) is 1. The highest BCUT2D eigenvalue weighted by Crippen LogP contribution is 2.34. The van der Waals surface area contributed by atoms with Gasteiger partial charge in [0.05, 0.1) is 17.6 Å². The number of hydrogen-bond acceptors (Lipinski definition) is 4. The molecule has 0 heterocycles. The fourth-order valence-electron chi connectivity index (χ4n) is 1.08. The second kappa shape index (κ2) is 3.99. The largest absolute Gasteiger partial charge is 0.490 e. The van der Waals surface area contributed by atoms with E-state index in [-0.39, 0.29) is 6.29 Å². The quantitative estimate of drug-likeness (QED) is 0.439. The highest BCUT2D eigenvalue weighted by molar-refractivity contribution is 5.82. The van der Waals surface area contributed by atoms with E-state index in [0.717, 1.165) is 7.11 Å². The van der Waals surface area contributed by atoms with Crippen LogP contribution in [0, 0.1) is 21.7 Å². The summed E-state index contributed by atoms with van der Waals surface area (Å²) in [5.41, 5.74) is -1.59. The number of ether oxygens (including phenoxy) is 1. The lowest BCUT2D eigenvalue weighted by Crippen LogP contribution is -2.03. The van der Waals surface area contributed by atoms with Crippen molar-refractivity contribution in [3.63, 3.8) is 0 Å². The van der Waals surface area contributed by atoms with E-state index >= 15 is 0 Å². The molecule has 15 heavy (non-hydrogen) atoms. The summed E-state index contributed by atoms with van der Waals surface area (Å²) in [5, 5.41) is 10.4. The zero-order chi connectivity index (χ0) is 11.6. The van der Waals surface area contributed by atoms with Crippen LogP contribution in [0.25, 0.3) is 0 Å². The van der Waals surface area contributed by atoms with Crippen LogP contribution in [-0.4, -0.2) is 18.3 Å². The molecule has 5 nitrogen and oxygen atoms in total. The zero-order valence-electron chi connectivity index (χ0n) is 7.49. The molecular formula is C8H5F2NO4. The fraction of sp³-hybridized carbons (Fsp3) is 0.125. The molecule has 80 valence electrons. The molecule has 0 spiro atoms. The van der Waals surface area contributed by atoms with E-state index in [1.165, 1.54) is 0 Å². The van der Waals surface area contributed by atoms with Crippen molar-refractivity contribution in [2.24, 2.45) is 0 Å². The monoisotopic (exact) mass is 217 g/mol. The maximum absolute atomic E-state index is 13.0. The van der Waals surface area contributed by atoms with Gasteiger partial charge >= 0.3 is 5.69 Å². The lowest BCUT2D eigenvalue weighted by Gasteiger charge is -2.05. The van der Waals surface area contributed by atoms with Gasteiger partial charge < -0.3 is 4.74 Å². The van der Waals surface area contributed by atoms with Crippen LogP contribution in [0.15, 0.2) is 6.07 Å². The Bertz CT molecular complexity index is 433. The molecule has 0 aliphatic carbocycles. The van der Waals surface area contributed by atoms with Crippen molar-refractivity contribution in [2.45, 2.75) is 0 Å².